The van der Waals surface area contributed by atoms with Gasteiger partial charge in [-0.2, -0.15) is 0 Å². The van der Waals surface area contributed by atoms with Gasteiger partial charge in [-0.05, 0) is 30.7 Å². The quantitative estimate of drug-likeness (QED) is 0.771. The van der Waals surface area contributed by atoms with E-state index >= 15 is 0 Å². The van der Waals surface area contributed by atoms with E-state index in [1.807, 2.05) is 36.8 Å². The largest absolute Gasteiger partial charge is 0.378 e. The van der Waals surface area contributed by atoms with Gasteiger partial charge >= 0.3 is 0 Å². The zero-order valence-electron chi connectivity index (χ0n) is 11.9. The Morgan fingerprint density at radius 3 is 3.05 bits per heavy atom. The molecule has 0 bridgehead atoms. The molecular weight excluding hydrogens is 284 g/mol. The summed E-state index contributed by atoms with van der Waals surface area (Å²) < 4.78 is 2.17. The molecule has 0 aliphatic rings. The van der Waals surface area contributed by atoms with Crippen molar-refractivity contribution in [1.29, 1.82) is 0 Å². The Morgan fingerprint density at radius 1 is 1.29 bits per heavy atom. The van der Waals surface area contributed by atoms with Crippen molar-refractivity contribution in [3.63, 3.8) is 0 Å². The van der Waals surface area contributed by atoms with Crippen LogP contribution in [0.15, 0.2) is 43.0 Å². The van der Waals surface area contributed by atoms with Crippen molar-refractivity contribution in [1.82, 2.24) is 14.5 Å². The molecule has 4 nitrogen and oxygen atoms in total. The zero-order chi connectivity index (χ0) is 14.7. The maximum absolute atomic E-state index is 6.21. The number of nitrogens with one attached hydrogen (secondary N) is 1. The van der Waals surface area contributed by atoms with Crippen LogP contribution in [0.25, 0.3) is 10.9 Å². The van der Waals surface area contributed by atoms with Crippen LogP contribution in [-0.4, -0.2) is 14.5 Å². The van der Waals surface area contributed by atoms with Gasteiger partial charge in [-0.15, -0.1) is 0 Å². The summed E-state index contributed by atoms with van der Waals surface area (Å²) in [7, 11) is 0. The maximum atomic E-state index is 6.21. The summed E-state index contributed by atoms with van der Waals surface area (Å²) in [6.45, 7) is 3.86. The predicted octanol–water partition coefficient (Wildman–Crippen LogP) is 4.11. The molecule has 0 amide bonds. The van der Waals surface area contributed by atoms with E-state index in [0.29, 0.717) is 6.54 Å². The number of benzene rings is 1. The maximum Gasteiger partial charge on any atom is 0.0948 e. The number of pyridine rings is 1. The van der Waals surface area contributed by atoms with Gasteiger partial charge in [0.25, 0.3) is 0 Å². The molecule has 2 heterocycles. The number of halogens is 1. The second-order valence-corrected chi connectivity index (χ2v) is 5.33. The molecule has 0 spiro atoms. The van der Waals surface area contributed by atoms with Crippen LogP contribution < -0.4 is 5.32 Å². The summed E-state index contributed by atoms with van der Waals surface area (Å²) in [6, 6.07) is 7.75. The zero-order valence-corrected chi connectivity index (χ0v) is 12.6. The van der Waals surface area contributed by atoms with Crippen molar-refractivity contribution in [2.45, 2.75) is 26.4 Å². The topological polar surface area (TPSA) is 42.7 Å². The molecular formula is C16H17ClN4. The normalized spacial score (nSPS) is 11.0. The van der Waals surface area contributed by atoms with Crippen molar-refractivity contribution in [3.8, 4) is 0 Å². The summed E-state index contributed by atoms with van der Waals surface area (Å²) in [4.78, 5) is 8.65. The van der Waals surface area contributed by atoms with Crippen LogP contribution in [0.3, 0.4) is 0 Å². The summed E-state index contributed by atoms with van der Waals surface area (Å²) in [5.41, 5.74) is 3.04. The van der Waals surface area contributed by atoms with E-state index in [1.54, 1.807) is 6.20 Å². The minimum Gasteiger partial charge on any atom is -0.378 e. The number of hydrogen-bond acceptors (Lipinski definition) is 3. The first-order valence-corrected chi connectivity index (χ1v) is 7.43. The summed E-state index contributed by atoms with van der Waals surface area (Å²) in [5.74, 6) is 0. The molecule has 0 saturated carbocycles. The molecule has 0 radical (unpaired) electrons. The number of aromatic nitrogens is 3. The van der Waals surface area contributed by atoms with E-state index in [1.165, 1.54) is 0 Å². The Hall–Kier alpha value is -2.07. The van der Waals surface area contributed by atoms with Gasteiger partial charge in [0.15, 0.2) is 0 Å². The fraction of sp³-hybridized carbons (Fsp3) is 0.250. The van der Waals surface area contributed by atoms with Gasteiger partial charge in [0.2, 0.25) is 0 Å². The monoisotopic (exact) mass is 300 g/mol. The Kier molecular flexibility index (Phi) is 4.06. The van der Waals surface area contributed by atoms with Gasteiger partial charge in [0.1, 0.15) is 0 Å². The van der Waals surface area contributed by atoms with Crippen LogP contribution in [0.1, 0.15) is 19.0 Å². The highest BCUT2D eigenvalue weighted by Gasteiger charge is 2.07. The summed E-state index contributed by atoms with van der Waals surface area (Å²) >= 11 is 6.21. The highest BCUT2D eigenvalue weighted by molar-refractivity contribution is 6.35. The SMILES string of the molecule is CCCn1cncc1CNc1ccc(Cl)c2cccnc12. The minimum absolute atomic E-state index is 0.716. The number of rotatable bonds is 5. The van der Waals surface area contributed by atoms with Gasteiger partial charge < -0.3 is 9.88 Å². The van der Waals surface area contributed by atoms with E-state index in [9.17, 15) is 0 Å². The van der Waals surface area contributed by atoms with Crippen LogP contribution in [0.5, 0.6) is 0 Å². The Morgan fingerprint density at radius 2 is 2.19 bits per heavy atom. The standard InChI is InChI=1S/C16H17ClN4/c1-2-8-21-11-18-9-12(21)10-20-15-6-5-14(17)13-4-3-7-19-16(13)15/h3-7,9,11,20H,2,8,10H2,1H3. The Balaban J connectivity index is 1.85. The second kappa shape index (κ2) is 6.14. The van der Waals surface area contributed by atoms with E-state index in [2.05, 4.69) is 26.8 Å². The van der Waals surface area contributed by atoms with Gasteiger partial charge in [-0.25, -0.2) is 4.98 Å². The highest BCUT2D eigenvalue weighted by atomic mass is 35.5. The number of nitrogens with zero attached hydrogens (tertiary/aromatic N) is 3. The Bertz CT molecular complexity index is 751. The van der Waals surface area contributed by atoms with E-state index in [-0.39, 0.29) is 0 Å². The minimum atomic E-state index is 0.716. The summed E-state index contributed by atoms with van der Waals surface area (Å²) in [5, 5.41) is 5.12. The van der Waals surface area contributed by atoms with Crippen LogP contribution >= 0.6 is 11.6 Å². The average Bonchev–Trinajstić information content (AvgIpc) is 2.95. The Labute approximate surface area is 128 Å². The molecule has 3 rings (SSSR count). The fourth-order valence-corrected chi connectivity index (χ4v) is 2.62. The molecule has 0 fully saturated rings. The number of anilines is 1. The van der Waals surface area contributed by atoms with Crippen LogP contribution in [0.2, 0.25) is 5.02 Å². The third-order valence-corrected chi connectivity index (χ3v) is 3.77. The van der Waals surface area contributed by atoms with E-state index < -0.39 is 0 Å². The van der Waals surface area contributed by atoms with Crippen molar-refractivity contribution < 1.29 is 0 Å². The van der Waals surface area contributed by atoms with Crippen molar-refractivity contribution in [2.75, 3.05) is 5.32 Å². The predicted molar refractivity (Wildman–Crippen MR) is 86.6 cm³/mol. The lowest BCUT2D eigenvalue weighted by Gasteiger charge is -2.11. The molecule has 5 heteroatoms. The first kappa shape index (κ1) is 13.9. The van der Waals surface area contributed by atoms with Gasteiger partial charge in [0, 0.05) is 24.3 Å². The molecule has 1 aromatic carbocycles. The van der Waals surface area contributed by atoms with E-state index in [4.69, 9.17) is 11.6 Å². The smallest absolute Gasteiger partial charge is 0.0948 e. The first-order chi connectivity index (χ1) is 10.3. The molecule has 0 saturated heterocycles. The average molecular weight is 301 g/mol. The number of imidazole rings is 1. The number of aryl methyl sites for hydroxylation is 1. The van der Waals surface area contributed by atoms with Gasteiger partial charge in [0.05, 0.1) is 34.8 Å². The molecule has 21 heavy (non-hydrogen) atoms. The van der Waals surface area contributed by atoms with Crippen LogP contribution in [0.4, 0.5) is 5.69 Å². The molecule has 108 valence electrons. The van der Waals surface area contributed by atoms with Gasteiger partial charge in [-0.3, -0.25) is 4.98 Å². The highest BCUT2D eigenvalue weighted by Crippen LogP contribution is 2.28. The molecule has 0 unspecified atom stereocenters. The van der Waals surface area contributed by atoms with Crippen molar-refractivity contribution in [2.24, 2.45) is 0 Å². The third-order valence-electron chi connectivity index (χ3n) is 3.44. The molecule has 0 atom stereocenters. The van der Waals surface area contributed by atoms with Crippen LogP contribution in [-0.2, 0) is 13.1 Å². The lowest BCUT2D eigenvalue weighted by atomic mass is 10.2. The molecule has 0 aliphatic heterocycles. The molecule has 3 aromatic rings. The van der Waals surface area contributed by atoms with Gasteiger partial charge in [-0.1, -0.05) is 18.5 Å². The second-order valence-electron chi connectivity index (χ2n) is 4.93. The summed E-state index contributed by atoms with van der Waals surface area (Å²) in [6.07, 6.45) is 6.65. The fourth-order valence-electron chi connectivity index (χ4n) is 2.40. The number of fused-ring (bicyclic) bond motifs is 1. The molecule has 0 aliphatic carbocycles. The lowest BCUT2D eigenvalue weighted by Crippen LogP contribution is -2.07. The first-order valence-electron chi connectivity index (χ1n) is 7.05. The van der Waals surface area contributed by atoms with E-state index in [0.717, 1.165) is 40.3 Å². The number of hydrogen-bond donors (Lipinski definition) is 1. The lowest BCUT2D eigenvalue weighted by molar-refractivity contribution is 0.651. The van der Waals surface area contributed by atoms with Crippen molar-refractivity contribution >= 4 is 28.2 Å². The van der Waals surface area contributed by atoms with Crippen molar-refractivity contribution in [3.05, 3.63) is 53.7 Å². The third kappa shape index (κ3) is 2.85. The van der Waals surface area contributed by atoms with Crippen LogP contribution in [0, 0.1) is 0 Å². The molecule has 2 aromatic heterocycles. The molecule has 1 N–H and O–H groups in total.